The zero-order valence-electron chi connectivity index (χ0n) is 18.1. The van der Waals surface area contributed by atoms with Crippen LogP contribution in [0.25, 0.3) is 0 Å². The maximum absolute atomic E-state index is 9.68. The summed E-state index contributed by atoms with van der Waals surface area (Å²) in [7, 11) is 0. The van der Waals surface area contributed by atoms with Gasteiger partial charge in [0.25, 0.3) is 0 Å². The summed E-state index contributed by atoms with van der Waals surface area (Å²) in [6, 6.07) is 0. The average Bonchev–Trinajstić information content (AvgIpc) is 2.78. The number of aliphatic hydroxyl groups is 7. The Morgan fingerprint density at radius 2 is 0.806 bits per heavy atom. The van der Waals surface area contributed by atoms with Gasteiger partial charge in [0, 0.05) is 0 Å². The molecule has 0 amide bonds. The molecule has 188 valence electrons. The molecule has 0 fully saturated rings. The highest BCUT2D eigenvalue weighted by atomic mass is 16.6. The van der Waals surface area contributed by atoms with Crippen LogP contribution in [-0.4, -0.2) is 145 Å². The molecule has 0 aliphatic carbocycles. The molecule has 0 aromatic carbocycles. The van der Waals surface area contributed by atoms with E-state index in [1.165, 1.54) is 0 Å². The second-order valence-electron chi connectivity index (χ2n) is 7.09. The summed E-state index contributed by atoms with van der Waals surface area (Å²) in [6.45, 7) is 0.348. The van der Waals surface area contributed by atoms with Crippen molar-refractivity contribution in [2.45, 2.75) is 50.0 Å². The van der Waals surface area contributed by atoms with Crippen LogP contribution in [0.1, 0.15) is 13.3 Å². The zero-order chi connectivity index (χ0) is 23.5. The maximum Gasteiger partial charge on any atom is 0.104 e. The molecule has 6 atom stereocenters. The van der Waals surface area contributed by atoms with Crippen molar-refractivity contribution in [1.29, 1.82) is 0 Å². The molecular formula is C19H40O12. The van der Waals surface area contributed by atoms with Crippen molar-refractivity contribution in [1.82, 2.24) is 0 Å². The summed E-state index contributed by atoms with van der Waals surface area (Å²) in [5.74, 6) is 0. The highest BCUT2D eigenvalue weighted by Gasteiger charge is 2.18. The first kappa shape index (κ1) is 30.5. The van der Waals surface area contributed by atoms with Gasteiger partial charge in [-0.15, -0.1) is 0 Å². The topological polar surface area (TPSA) is 188 Å². The highest BCUT2D eigenvalue weighted by molar-refractivity contribution is 4.64. The van der Waals surface area contributed by atoms with Crippen molar-refractivity contribution in [3.05, 3.63) is 0 Å². The van der Waals surface area contributed by atoms with E-state index in [1.54, 1.807) is 0 Å². The van der Waals surface area contributed by atoms with Crippen LogP contribution in [0.2, 0.25) is 0 Å². The summed E-state index contributed by atoms with van der Waals surface area (Å²) in [5, 5.41) is 64.4. The highest BCUT2D eigenvalue weighted by Crippen LogP contribution is 2.03. The van der Waals surface area contributed by atoms with Crippen LogP contribution in [0.15, 0.2) is 0 Å². The van der Waals surface area contributed by atoms with E-state index in [9.17, 15) is 20.4 Å². The minimum absolute atomic E-state index is 0.00841. The predicted molar refractivity (Wildman–Crippen MR) is 108 cm³/mol. The third-order valence-corrected chi connectivity index (χ3v) is 3.99. The number of aliphatic hydroxyl groups excluding tert-OH is 7. The van der Waals surface area contributed by atoms with Crippen LogP contribution in [0.4, 0.5) is 0 Å². The van der Waals surface area contributed by atoms with E-state index in [1.807, 2.05) is 6.92 Å². The van der Waals surface area contributed by atoms with Gasteiger partial charge >= 0.3 is 0 Å². The first-order chi connectivity index (χ1) is 14.9. The Balaban J connectivity index is 4.56. The SMILES string of the molecule is CCC(O)COC(COCC(O)CO)COCC(COCC(O)CO)OCC(O)CO. The number of rotatable bonds is 22. The summed E-state index contributed by atoms with van der Waals surface area (Å²) in [5.41, 5.74) is 0. The van der Waals surface area contributed by atoms with Crippen LogP contribution in [0.5, 0.6) is 0 Å². The Morgan fingerprint density at radius 3 is 1.16 bits per heavy atom. The first-order valence-corrected chi connectivity index (χ1v) is 10.4. The third kappa shape index (κ3) is 17.7. The molecule has 31 heavy (non-hydrogen) atoms. The van der Waals surface area contributed by atoms with E-state index in [2.05, 4.69) is 0 Å². The van der Waals surface area contributed by atoms with Crippen molar-refractivity contribution >= 4 is 0 Å². The normalized spacial score (nSPS) is 17.8. The Labute approximate surface area is 182 Å². The lowest BCUT2D eigenvalue weighted by Gasteiger charge is -2.23. The lowest BCUT2D eigenvalue weighted by Crippen LogP contribution is -2.35. The van der Waals surface area contributed by atoms with Crippen LogP contribution >= 0.6 is 0 Å². The molecule has 0 spiro atoms. The van der Waals surface area contributed by atoms with Gasteiger partial charge in [-0.1, -0.05) is 6.92 Å². The number of hydrogen-bond donors (Lipinski definition) is 7. The molecule has 0 saturated carbocycles. The Bertz CT molecular complexity index is 355. The predicted octanol–water partition coefficient (Wildman–Crippen LogP) is -3.36. The Kier molecular flexibility index (Phi) is 19.8. The second-order valence-corrected chi connectivity index (χ2v) is 7.09. The summed E-state index contributed by atoms with van der Waals surface area (Å²) in [4.78, 5) is 0. The molecule has 0 heterocycles. The van der Waals surface area contributed by atoms with Crippen molar-refractivity contribution in [2.75, 3.05) is 72.7 Å². The molecule has 0 bridgehead atoms. The fourth-order valence-electron chi connectivity index (χ4n) is 2.06. The second kappa shape index (κ2) is 20.1. The van der Waals surface area contributed by atoms with Gasteiger partial charge in [-0.05, 0) is 6.42 Å². The Morgan fingerprint density at radius 1 is 0.484 bits per heavy atom. The molecule has 7 N–H and O–H groups in total. The fourth-order valence-corrected chi connectivity index (χ4v) is 2.06. The lowest BCUT2D eigenvalue weighted by atomic mass is 10.3. The monoisotopic (exact) mass is 460 g/mol. The van der Waals surface area contributed by atoms with Gasteiger partial charge < -0.3 is 59.4 Å². The minimum atomic E-state index is -1.07. The quantitative estimate of drug-likeness (QED) is 0.0851. The van der Waals surface area contributed by atoms with Gasteiger partial charge in [-0.2, -0.15) is 0 Å². The summed E-state index contributed by atoms with van der Waals surface area (Å²) in [6.07, 6.45) is -4.43. The maximum atomic E-state index is 9.68. The summed E-state index contributed by atoms with van der Waals surface area (Å²) >= 11 is 0. The standard InChI is InChI=1S/C19H40O12/c1-2-14(23)8-30-18(10-27-6-15(24)3-20)12-29-13-19(31-9-17(26)5-22)11-28-7-16(25)4-21/h14-26H,2-13H2,1H3. The van der Waals surface area contributed by atoms with Gasteiger partial charge in [-0.25, -0.2) is 0 Å². The van der Waals surface area contributed by atoms with E-state index in [-0.39, 0.29) is 52.9 Å². The lowest BCUT2D eigenvalue weighted by molar-refractivity contribution is -0.122. The van der Waals surface area contributed by atoms with E-state index >= 15 is 0 Å². The molecule has 0 aliphatic rings. The van der Waals surface area contributed by atoms with E-state index in [0.717, 1.165) is 0 Å². The number of ether oxygens (including phenoxy) is 5. The van der Waals surface area contributed by atoms with Gasteiger partial charge in [0.05, 0.1) is 78.8 Å². The molecule has 0 saturated heterocycles. The minimum Gasteiger partial charge on any atom is -0.394 e. The smallest absolute Gasteiger partial charge is 0.104 e. The molecule has 0 aliphatic heterocycles. The molecule has 0 aromatic heterocycles. The van der Waals surface area contributed by atoms with Crippen molar-refractivity contribution in [3.63, 3.8) is 0 Å². The molecule has 6 unspecified atom stereocenters. The van der Waals surface area contributed by atoms with Crippen molar-refractivity contribution in [3.8, 4) is 0 Å². The molecule has 12 nitrogen and oxygen atoms in total. The van der Waals surface area contributed by atoms with Gasteiger partial charge in [0.15, 0.2) is 0 Å². The van der Waals surface area contributed by atoms with E-state index in [0.29, 0.717) is 6.42 Å². The Hall–Kier alpha value is -0.480. The van der Waals surface area contributed by atoms with E-state index in [4.69, 9.17) is 39.0 Å². The molecular weight excluding hydrogens is 420 g/mol. The van der Waals surface area contributed by atoms with Crippen LogP contribution < -0.4 is 0 Å². The molecule has 0 radical (unpaired) electrons. The van der Waals surface area contributed by atoms with Crippen LogP contribution in [0, 0.1) is 0 Å². The molecule has 0 rings (SSSR count). The fraction of sp³-hybridized carbons (Fsp3) is 1.00. The summed E-state index contributed by atoms with van der Waals surface area (Å²) < 4.78 is 27.2. The van der Waals surface area contributed by atoms with E-state index < -0.39 is 56.4 Å². The molecule has 0 aromatic rings. The van der Waals surface area contributed by atoms with Crippen molar-refractivity contribution < 1.29 is 59.4 Å². The number of hydrogen-bond acceptors (Lipinski definition) is 12. The third-order valence-electron chi connectivity index (χ3n) is 3.99. The van der Waals surface area contributed by atoms with Crippen LogP contribution in [0.3, 0.4) is 0 Å². The van der Waals surface area contributed by atoms with Gasteiger partial charge in [-0.3, -0.25) is 0 Å². The average molecular weight is 461 g/mol. The van der Waals surface area contributed by atoms with Gasteiger partial charge in [0.1, 0.15) is 30.5 Å². The largest absolute Gasteiger partial charge is 0.394 e. The molecule has 12 heteroatoms. The van der Waals surface area contributed by atoms with Crippen molar-refractivity contribution in [2.24, 2.45) is 0 Å². The first-order valence-electron chi connectivity index (χ1n) is 10.4. The zero-order valence-corrected chi connectivity index (χ0v) is 18.1. The van der Waals surface area contributed by atoms with Gasteiger partial charge in [0.2, 0.25) is 0 Å². The van der Waals surface area contributed by atoms with Crippen LogP contribution in [-0.2, 0) is 23.7 Å².